The van der Waals surface area contributed by atoms with Crippen LogP contribution in [0.4, 0.5) is 5.69 Å². The summed E-state index contributed by atoms with van der Waals surface area (Å²) in [4.78, 5) is 66.5. The minimum Gasteiger partial charge on any atom is -0.460 e. The first-order valence-electron chi connectivity index (χ1n) is 11.8. The highest BCUT2D eigenvalue weighted by Crippen LogP contribution is 2.37. The van der Waals surface area contributed by atoms with Crippen LogP contribution >= 0.6 is 0 Å². The Labute approximate surface area is 202 Å². The van der Waals surface area contributed by atoms with E-state index in [4.69, 9.17) is 4.74 Å². The number of ether oxygens (including phenoxy) is 1. The van der Waals surface area contributed by atoms with Crippen LogP contribution in [0, 0.1) is 18.8 Å². The van der Waals surface area contributed by atoms with Crippen molar-refractivity contribution >= 4 is 40.3 Å². The first kappa shape index (κ1) is 24.6. The summed E-state index contributed by atoms with van der Waals surface area (Å²) in [7, 11) is 0. The van der Waals surface area contributed by atoms with Gasteiger partial charge in [0.05, 0.1) is 11.1 Å². The number of imide groups is 1. The van der Waals surface area contributed by atoms with Crippen LogP contribution in [0.2, 0.25) is 0 Å². The summed E-state index contributed by atoms with van der Waals surface area (Å²) in [6.07, 6.45) is 1.83. The number of anilines is 1. The first-order valence-corrected chi connectivity index (χ1v) is 11.8. The fourth-order valence-corrected chi connectivity index (χ4v) is 4.70. The number of amides is 3. The van der Waals surface area contributed by atoms with E-state index < -0.39 is 23.1 Å². The highest BCUT2D eigenvalue weighted by molar-refractivity contribution is 6.02. The third-order valence-electron chi connectivity index (χ3n) is 6.37. The Kier molecular flexibility index (Phi) is 6.48. The lowest BCUT2D eigenvalue weighted by molar-refractivity contribution is -0.157. The number of carbonyl (C=O) groups is 4. The van der Waals surface area contributed by atoms with Gasteiger partial charge in [-0.25, -0.2) is 4.98 Å². The summed E-state index contributed by atoms with van der Waals surface area (Å²) in [5.41, 5.74) is -0.178. The fourth-order valence-electron chi connectivity index (χ4n) is 4.70. The number of piperidine rings is 1. The number of carbonyl (C=O) groups excluding carboxylic acids is 4. The first-order chi connectivity index (χ1) is 16.4. The number of nitrogens with one attached hydrogen (secondary N) is 2. The maximum atomic E-state index is 13.3. The summed E-state index contributed by atoms with van der Waals surface area (Å²) >= 11 is 0. The number of aromatic nitrogens is 2. The molecule has 1 aliphatic heterocycles. The number of aryl methyl sites for hydroxylation is 1. The van der Waals surface area contributed by atoms with Gasteiger partial charge in [0.1, 0.15) is 23.0 Å². The van der Waals surface area contributed by atoms with E-state index in [1.807, 2.05) is 20.8 Å². The third kappa shape index (κ3) is 5.26. The van der Waals surface area contributed by atoms with E-state index in [1.165, 1.54) is 4.57 Å². The van der Waals surface area contributed by atoms with Gasteiger partial charge < -0.3 is 10.1 Å². The van der Waals surface area contributed by atoms with Crippen molar-refractivity contribution in [2.24, 2.45) is 11.8 Å². The van der Waals surface area contributed by atoms with E-state index in [0.29, 0.717) is 29.9 Å². The number of benzene rings is 1. The topological polar surface area (TPSA) is 136 Å². The van der Waals surface area contributed by atoms with Crippen LogP contribution in [0.5, 0.6) is 0 Å². The molecular formula is C25H30N4O6. The van der Waals surface area contributed by atoms with Crippen molar-refractivity contribution in [3.8, 4) is 0 Å². The average molecular weight is 483 g/mol. The molecule has 0 radical (unpaired) electrons. The zero-order valence-electron chi connectivity index (χ0n) is 20.3. The third-order valence-corrected chi connectivity index (χ3v) is 6.37. The Morgan fingerprint density at radius 2 is 1.91 bits per heavy atom. The molecule has 2 heterocycles. The molecule has 0 spiro atoms. The molecule has 1 aliphatic carbocycles. The Morgan fingerprint density at radius 1 is 1.20 bits per heavy atom. The van der Waals surface area contributed by atoms with Crippen LogP contribution < -0.4 is 16.2 Å². The smallest absolute Gasteiger partial charge is 0.306 e. The number of nitrogens with zero attached hydrogens (tertiary/aromatic N) is 2. The average Bonchev–Trinajstić information content (AvgIpc) is 2.71. The number of para-hydroxylation sites is 1. The van der Waals surface area contributed by atoms with Gasteiger partial charge in [0.15, 0.2) is 0 Å². The van der Waals surface area contributed by atoms with Crippen molar-refractivity contribution in [3.05, 3.63) is 34.4 Å². The maximum Gasteiger partial charge on any atom is 0.306 e. The second-order valence-electron chi connectivity index (χ2n) is 10.3. The van der Waals surface area contributed by atoms with Crippen LogP contribution in [0.1, 0.15) is 64.7 Å². The molecule has 2 aliphatic rings. The van der Waals surface area contributed by atoms with E-state index >= 15 is 0 Å². The number of hydrogen-bond acceptors (Lipinski definition) is 7. The number of esters is 1. The standard InChI is InChI=1S/C25H30N4O6/c1-13-26-21-16(24(34)29(13)18-8-9-19(30)28-23(18)33)6-5-7-17(21)27-22(32)15-10-14(11-15)12-20(31)35-25(2,3)4/h5-7,14-15,18H,8-12H2,1-4H3,(H,27,32)(H,28,30,33). The van der Waals surface area contributed by atoms with Crippen LogP contribution in [0.15, 0.2) is 23.0 Å². The minimum absolute atomic E-state index is 0.106. The number of rotatable bonds is 5. The van der Waals surface area contributed by atoms with Crippen LogP contribution in [0.3, 0.4) is 0 Å². The Hall–Kier alpha value is -3.56. The van der Waals surface area contributed by atoms with Gasteiger partial charge in [0, 0.05) is 18.8 Å². The van der Waals surface area contributed by atoms with E-state index in [-0.39, 0.29) is 54.3 Å². The van der Waals surface area contributed by atoms with Gasteiger partial charge >= 0.3 is 5.97 Å². The fraction of sp³-hybridized carbons (Fsp3) is 0.520. The molecule has 1 saturated carbocycles. The highest BCUT2D eigenvalue weighted by atomic mass is 16.6. The van der Waals surface area contributed by atoms with Crippen LogP contribution in [-0.4, -0.2) is 38.8 Å². The van der Waals surface area contributed by atoms with E-state index in [9.17, 15) is 24.0 Å². The zero-order valence-corrected chi connectivity index (χ0v) is 20.3. The normalized spacial score (nSPS) is 22.3. The molecule has 1 unspecified atom stereocenters. The van der Waals surface area contributed by atoms with E-state index in [2.05, 4.69) is 15.6 Å². The van der Waals surface area contributed by atoms with Crippen molar-refractivity contribution in [1.82, 2.24) is 14.9 Å². The van der Waals surface area contributed by atoms with Gasteiger partial charge in [-0.2, -0.15) is 0 Å². The molecular weight excluding hydrogens is 452 g/mol. The lowest BCUT2D eigenvalue weighted by atomic mass is 9.73. The number of hydrogen-bond donors (Lipinski definition) is 2. The molecule has 1 aromatic heterocycles. The Balaban J connectivity index is 1.48. The van der Waals surface area contributed by atoms with E-state index in [0.717, 1.165) is 0 Å². The summed E-state index contributed by atoms with van der Waals surface area (Å²) in [6, 6.07) is 4.12. The van der Waals surface area contributed by atoms with Gasteiger partial charge in [-0.15, -0.1) is 0 Å². The molecule has 186 valence electrons. The van der Waals surface area contributed by atoms with Gasteiger partial charge in [-0.3, -0.25) is 33.9 Å². The molecule has 2 N–H and O–H groups in total. The van der Waals surface area contributed by atoms with E-state index in [1.54, 1.807) is 25.1 Å². The zero-order chi connectivity index (χ0) is 25.5. The largest absolute Gasteiger partial charge is 0.460 e. The van der Waals surface area contributed by atoms with Crippen molar-refractivity contribution in [2.75, 3.05) is 5.32 Å². The minimum atomic E-state index is -0.813. The molecule has 10 heteroatoms. The molecule has 2 aromatic rings. The van der Waals surface area contributed by atoms with Gasteiger partial charge in [-0.1, -0.05) is 6.07 Å². The molecule has 35 heavy (non-hydrogen) atoms. The highest BCUT2D eigenvalue weighted by Gasteiger charge is 2.37. The van der Waals surface area contributed by atoms with Gasteiger partial charge in [-0.05, 0) is 65.0 Å². The van der Waals surface area contributed by atoms with Gasteiger partial charge in [0.2, 0.25) is 17.7 Å². The van der Waals surface area contributed by atoms with Crippen LogP contribution in [0.25, 0.3) is 10.9 Å². The molecule has 1 atom stereocenters. The summed E-state index contributed by atoms with van der Waals surface area (Å²) in [6.45, 7) is 7.08. The van der Waals surface area contributed by atoms with Crippen molar-refractivity contribution in [2.45, 2.75) is 71.4 Å². The van der Waals surface area contributed by atoms with Crippen molar-refractivity contribution in [3.63, 3.8) is 0 Å². The van der Waals surface area contributed by atoms with Crippen molar-refractivity contribution in [1.29, 1.82) is 0 Å². The molecule has 1 saturated heterocycles. The Bertz CT molecular complexity index is 1270. The maximum absolute atomic E-state index is 13.3. The molecule has 4 rings (SSSR count). The second kappa shape index (κ2) is 9.24. The molecule has 1 aromatic carbocycles. The summed E-state index contributed by atoms with van der Waals surface area (Å²) in [5, 5.41) is 5.42. The second-order valence-corrected chi connectivity index (χ2v) is 10.3. The summed E-state index contributed by atoms with van der Waals surface area (Å²) in [5.74, 6) is -1.14. The quantitative estimate of drug-likeness (QED) is 0.493. The van der Waals surface area contributed by atoms with Crippen LogP contribution in [-0.2, 0) is 23.9 Å². The molecule has 3 amide bonds. The lowest BCUT2D eigenvalue weighted by Crippen LogP contribution is -2.45. The SMILES string of the molecule is Cc1nc2c(NC(=O)C3CC(CC(=O)OC(C)(C)C)C3)cccc2c(=O)n1C1CCC(=O)NC1=O. The Morgan fingerprint density at radius 3 is 2.57 bits per heavy atom. The predicted octanol–water partition coefficient (Wildman–Crippen LogP) is 2.38. The van der Waals surface area contributed by atoms with Gasteiger partial charge in [0.25, 0.3) is 5.56 Å². The summed E-state index contributed by atoms with van der Waals surface area (Å²) < 4.78 is 6.66. The molecule has 0 bridgehead atoms. The molecule has 10 nitrogen and oxygen atoms in total. The predicted molar refractivity (Wildman–Crippen MR) is 127 cm³/mol. The molecule has 2 fully saturated rings. The van der Waals surface area contributed by atoms with Crippen molar-refractivity contribution < 1.29 is 23.9 Å². The monoisotopic (exact) mass is 482 g/mol. The number of fused-ring (bicyclic) bond motifs is 1. The lowest BCUT2D eigenvalue weighted by Gasteiger charge is -2.34.